The van der Waals surface area contributed by atoms with E-state index in [-0.39, 0.29) is 10.9 Å². The van der Waals surface area contributed by atoms with Gasteiger partial charge in [-0.1, -0.05) is 41.4 Å². The fourth-order valence-electron chi connectivity index (χ4n) is 1.93. The van der Waals surface area contributed by atoms with E-state index < -0.39 is 0 Å². The molecule has 0 unspecified atom stereocenters. The first-order chi connectivity index (χ1) is 10.6. The zero-order valence-corrected chi connectivity index (χ0v) is 12.7. The highest BCUT2D eigenvalue weighted by Gasteiger charge is 2.14. The first kappa shape index (κ1) is 14.6. The third-order valence-electron chi connectivity index (χ3n) is 2.95. The van der Waals surface area contributed by atoms with Gasteiger partial charge < -0.3 is 0 Å². The molecule has 0 aliphatic heterocycles. The summed E-state index contributed by atoms with van der Waals surface area (Å²) in [5.41, 5.74) is 1.10. The van der Waals surface area contributed by atoms with E-state index in [1.54, 1.807) is 12.1 Å². The Kier molecular flexibility index (Phi) is 4.09. The number of carbonyl (C=O) groups excluding carboxylic acids is 1. The number of benzene rings is 2. The van der Waals surface area contributed by atoms with E-state index in [4.69, 9.17) is 23.2 Å². The minimum atomic E-state index is -0.383. The van der Waals surface area contributed by atoms with Gasteiger partial charge in [-0.15, -0.1) is 0 Å². The number of carbonyl (C=O) groups is 1. The summed E-state index contributed by atoms with van der Waals surface area (Å²) in [7, 11) is 0. The maximum Gasteiger partial charge on any atom is 0.259 e. The van der Waals surface area contributed by atoms with Crippen LogP contribution in [0.5, 0.6) is 0 Å². The van der Waals surface area contributed by atoms with Crippen LogP contribution in [0.25, 0.3) is 5.69 Å². The summed E-state index contributed by atoms with van der Waals surface area (Å²) in [5.74, 6) is -0.0749. The molecule has 1 aromatic heterocycles. The third-order valence-corrected chi connectivity index (χ3v) is 3.50. The molecular weight excluding hydrogens is 323 g/mol. The van der Waals surface area contributed by atoms with Crippen molar-refractivity contribution in [3.05, 3.63) is 70.5 Å². The van der Waals surface area contributed by atoms with Gasteiger partial charge in [0, 0.05) is 5.02 Å². The Balaban J connectivity index is 1.88. The molecule has 0 spiro atoms. The Morgan fingerprint density at radius 3 is 2.59 bits per heavy atom. The number of nitrogens with zero attached hydrogens (tertiary/aromatic N) is 3. The summed E-state index contributed by atoms with van der Waals surface area (Å²) in [6, 6.07) is 14.0. The summed E-state index contributed by atoms with van der Waals surface area (Å²) in [6.45, 7) is 0. The van der Waals surface area contributed by atoms with Crippen molar-refractivity contribution in [3.8, 4) is 5.69 Å². The van der Waals surface area contributed by atoms with Crippen LogP contribution in [-0.4, -0.2) is 20.7 Å². The van der Waals surface area contributed by atoms with Crippen LogP contribution >= 0.6 is 23.2 Å². The summed E-state index contributed by atoms with van der Waals surface area (Å²) < 4.78 is 1.53. The van der Waals surface area contributed by atoms with Crippen LogP contribution in [0, 0.1) is 0 Å². The van der Waals surface area contributed by atoms with Gasteiger partial charge >= 0.3 is 0 Å². The van der Waals surface area contributed by atoms with Crippen molar-refractivity contribution in [2.75, 3.05) is 5.32 Å². The Morgan fingerprint density at radius 2 is 1.86 bits per heavy atom. The molecule has 0 radical (unpaired) electrons. The second-order valence-electron chi connectivity index (χ2n) is 4.41. The van der Waals surface area contributed by atoms with Gasteiger partial charge in [-0.3, -0.25) is 10.1 Å². The van der Waals surface area contributed by atoms with Crippen molar-refractivity contribution in [1.29, 1.82) is 0 Å². The Labute approximate surface area is 136 Å². The minimum absolute atomic E-state index is 0.274. The quantitative estimate of drug-likeness (QED) is 0.792. The highest BCUT2D eigenvalue weighted by Crippen LogP contribution is 2.22. The number of hydrogen-bond acceptors (Lipinski definition) is 3. The Morgan fingerprint density at radius 1 is 1.09 bits per heavy atom. The molecular formula is C15H10Cl2N4O. The van der Waals surface area contributed by atoms with Gasteiger partial charge in [0.05, 0.1) is 16.3 Å². The van der Waals surface area contributed by atoms with Gasteiger partial charge in [0.2, 0.25) is 5.95 Å². The van der Waals surface area contributed by atoms with Crippen molar-refractivity contribution < 1.29 is 4.79 Å². The fraction of sp³-hybridized carbons (Fsp3) is 0. The molecule has 1 heterocycles. The smallest absolute Gasteiger partial charge is 0.259 e. The molecule has 22 heavy (non-hydrogen) atoms. The zero-order valence-electron chi connectivity index (χ0n) is 11.2. The Bertz CT molecular complexity index is 817. The lowest BCUT2D eigenvalue weighted by molar-refractivity contribution is 0.102. The molecule has 5 nitrogen and oxygen atoms in total. The SMILES string of the molecule is O=C(Nc1ncnn1-c1ccccc1)c1ccc(Cl)cc1Cl. The predicted octanol–water partition coefficient (Wildman–Crippen LogP) is 3.83. The molecule has 0 aliphatic carbocycles. The van der Waals surface area contributed by atoms with Crippen LogP contribution in [-0.2, 0) is 0 Å². The van der Waals surface area contributed by atoms with Gasteiger partial charge in [0.25, 0.3) is 5.91 Å². The number of aromatic nitrogens is 3. The van der Waals surface area contributed by atoms with Gasteiger partial charge in [0.1, 0.15) is 6.33 Å². The van der Waals surface area contributed by atoms with Crippen LogP contribution in [0.1, 0.15) is 10.4 Å². The maximum absolute atomic E-state index is 12.3. The lowest BCUT2D eigenvalue weighted by atomic mass is 10.2. The molecule has 0 saturated carbocycles. The number of nitrogens with one attached hydrogen (secondary N) is 1. The minimum Gasteiger partial charge on any atom is -0.290 e. The molecule has 1 N–H and O–H groups in total. The molecule has 2 aromatic carbocycles. The van der Waals surface area contributed by atoms with Crippen molar-refractivity contribution in [1.82, 2.24) is 14.8 Å². The summed E-state index contributed by atoms with van der Waals surface area (Å²) in [4.78, 5) is 16.4. The normalized spacial score (nSPS) is 10.5. The first-order valence-corrected chi connectivity index (χ1v) is 7.12. The van der Waals surface area contributed by atoms with Crippen LogP contribution < -0.4 is 5.32 Å². The van der Waals surface area contributed by atoms with Crippen LogP contribution in [0.3, 0.4) is 0 Å². The maximum atomic E-state index is 12.3. The molecule has 3 aromatic rings. The molecule has 7 heteroatoms. The lowest BCUT2D eigenvalue weighted by Crippen LogP contribution is -2.16. The van der Waals surface area contributed by atoms with E-state index in [2.05, 4.69) is 15.4 Å². The number of amides is 1. The predicted molar refractivity (Wildman–Crippen MR) is 85.8 cm³/mol. The van der Waals surface area contributed by atoms with E-state index in [9.17, 15) is 4.79 Å². The highest BCUT2D eigenvalue weighted by atomic mass is 35.5. The van der Waals surface area contributed by atoms with Crippen molar-refractivity contribution >= 4 is 35.1 Å². The second kappa shape index (κ2) is 6.17. The molecule has 0 aliphatic rings. The summed E-state index contributed by atoms with van der Waals surface area (Å²) in [6.07, 6.45) is 1.37. The van der Waals surface area contributed by atoms with E-state index in [1.807, 2.05) is 30.3 Å². The zero-order chi connectivity index (χ0) is 15.5. The molecule has 0 atom stereocenters. The molecule has 0 saturated heterocycles. The third kappa shape index (κ3) is 2.95. The Hall–Kier alpha value is -2.37. The molecule has 0 fully saturated rings. The van der Waals surface area contributed by atoms with E-state index in [1.165, 1.54) is 17.1 Å². The van der Waals surface area contributed by atoms with Gasteiger partial charge in [-0.25, -0.2) is 0 Å². The summed E-state index contributed by atoms with van der Waals surface area (Å²) >= 11 is 11.9. The van der Waals surface area contributed by atoms with E-state index in [0.717, 1.165) is 5.69 Å². The van der Waals surface area contributed by atoms with Crippen LogP contribution in [0.2, 0.25) is 10.0 Å². The number of rotatable bonds is 3. The van der Waals surface area contributed by atoms with E-state index >= 15 is 0 Å². The average Bonchev–Trinajstić information content (AvgIpc) is 2.96. The van der Waals surface area contributed by atoms with Crippen molar-refractivity contribution in [2.24, 2.45) is 0 Å². The number of para-hydroxylation sites is 1. The fourth-order valence-corrected chi connectivity index (χ4v) is 2.42. The largest absolute Gasteiger partial charge is 0.290 e. The lowest BCUT2D eigenvalue weighted by Gasteiger charge is -2.08. The monoisotopic (exact) mass is 332 g/mol. The van der Waals surface area contributed by atoms with Gasteiger partial charge in [-0.2, -0.15) is 14.8 Å². The number of hydrogen-bond donors (Lipinski definition) is 1. The average molecular weight is 333 g/mol. The van der Waals surface area contributed by atoms with Gasteiger partial charge in [0.15, 0.2) is 0 Å². The molecule has 110 valence electrons. The van der Waals surface area contributed by atoms with Crippen LogP contribution in [0.4, 0.5) is 5.95 Å². The van der Waals surface area contributed by atoms with Crippen molar-refractivity contribution in [2.45, 2.75) is 0 Å². The molecule has 3 rings (SSSR count). The number of anilines is 1. The van der Waals surface area contributed by atoms with E-state index in [0.29, 0.717) is 16.5 Å². The van der Waals surface area contributed by atoms with Gasteiger partial charge in [-0.05, 0) is 30.3 Å². The van der Waals surface area contributed by atoms with Crippen molar-refractivity contribution in [3.63, 3.8) is 0 Å². The standard InChI is InChI=1S/C15H10Cl2N4O/c16-10-6-7-12(13(17)8-10)14(22)20-15-18-9-19-21(15)11-4-2-1-3-5-11/h1-9H,(H,18,19,20,22). The number of halogens is 2. The highest BCUT2D eigenvalue weighted by molar-refractivity contribution is 6.37. The summed E-state index contributed by atoms with van der Waals surface area (Å²) in [5, 5.41) is 7.54. The topological polar surface area (TPSA) is 59.8 Å². The second-order valence-corrected chi connectivity index (χ2v) is 5.25. The molecule has 0 bridgehead atoms. The molecule has 1 amide bonds. The van der Waals surface area contributed by atoms with Crippen LogP contribution in [0.15, 0.2) is 54.9 Å². The first-order valence-electron chi connectivity index (χ1n) is 6.37.